The maximum Gasteiger partial charge on any atom is 0.249 e. The second kappa shape index (κ2) is 36.7. The molecule has 330 valence electrons. The van der Waals surface area contributed by atoms with E-state index in [-0.39, 0.29) is 6.61 Å². The number of aliphatic hydroxyl groups is 6. The quantitative estimate of drug-likeness (QED) is 0.0239. The summed E-state index contributed by atoms with van der Waals surface area (Å²) in [5.74, 6) is -0.585. The standard InChI is InChI=1S/C46H87NO9/c1-3-5-7-9-11-13-15-16-17-18-19-20-21-22-23-25-27-29-31-33-35-40(50)45(54)47-38(37-55-46-44(53)43(52)42(51)41(36-48)56-46)39(49)34-32-30-28-26-24-14-12-10-8-6-4-2/h5,7,11,13,38-44,46,48-53H,3-4,6,8-10,12,14-37H2,1-2H3,(H,47,54)/b7-5-,13-11-. The van der Waals surface area contributed by atoms with Gasteiger partial charge in [0.25, 0.3) is 0 Å². The van der Waals surface area contributed by atoms with E-state index in [9.17, 15) is 35.4 Å². The largest absolute Gasteiger partial charge is 0.394 e. The first kappa shape index (κ1) is 52.6. The van der Waals surface area contributed by atoms with Crippen LogP contribution in [-0.2, 0) is 14.3 Å². The molecule has 0 bridgehead atoms. The third-order valence-electron chi connectivity index (χ3n) is 11.2. The molecule has 1 saturated heterocycles. The zero-order chi connectivity index (χ0) is 41.1. The maximum atomic E-state index is 13.0. The van der Waals surface area contributed by atoms with Crippen LogP contribution in [-0.4, -0.2) is 98.7 Å². The Hall–Kier alpha value is -1.37. The molecular weight excluding hydrogens is 711 g/mol. The molecule has 0 aliphatic carbocycles. The molecule has 1 fully saturated rings. The van der Waals surface area contributed by atoms with Gasteiger partial charge >= 0.3 is 0 Å². The van der Waals surface area contributed by atoms with Crippen LogP contribution in [0.5, 0.6) is 0 Å². The summed E-state index contributed by atoms with van der Waals surface area (Å²) in [5.41, 5.74) is 0. The number of aliphatic hydroxyl groups excluding tert-OH is 6. The summed E-state index contributed by atoms with van der Waals surface area (Å²) in [6.07, 6.45) is 32.3. The summed E-state index contributed by atoms with van der Waals surface area (Å²) < 4.78 is 11.2. The van der Waals surface area contributed by atoms with Gasteiger partial charge in [0.1, 0.15) is 30.5 Å². The van der Waals surface area contributed by atoms with Crippen LogP contribution >= 0.6 is 0 Å². The molecule has 0 aromatic carbocycles. The van der Waals surface area contributed by atoms with Gasteiger partial charge in [-0.25, -0.2) is 0 Å². The molecule has 0 spiro atoms. The first-order valence-electron chi connectivity index (χ1n) is 23.1. The van der Waals surface area contributed by atoms with Crippen molar-refractivity contribution >= 4 is 5.91 Å². The Kier molecular flexibility index (Phi) is 34.5. The van der Waals surface area contributed by atoms with E-state index >= 15 is 0 Å². The van der Waals surface area contributed by atoms with Crippen molar-refractivity contribution in [2.75, 3.05) is 13.2 Å². The van der Waals surface area contributed by atoms with Crippen LogP contribution in [0.1, 0.15) is 200 Å². The Bertz CT molecular complexity index is 948. The molecule has 1 rings (SSSR count). The highest BCUT2D eigenvalue weighted by atomic mass is 16.7. The highest BCUT2D eigenvalue weighted by Gasteiger charge is 2.44. The van der Waals surface area contributed by atoms with Crippen LogP contribution in [0.2, 0.25) is 0 Å². The summed E-state index contributed by atoms with van der Waals surface area (Å²) in [6.45, 7) is 3.55. The highest BCUT2D eigenvalue weighted by Crippen LogP contribution is 2.23. The van der Waals surface area contributed by atoms with Crippen molar-refractivity contribution < 1.29 is 44.9 Å². The van der Waals surface area contributed by atoms with E-state index in [1.807, 2.05) is 0 Å². The Morgan fingerprint density at radius 1 is 0.625 bits per heavy atom. The number of ether oxygens (including phenoxy) is 2. The molecular formula is C46H87NO9. The van der Waals surface area contributed by atoms with Crippen molar-refractivity contribution in [2.24, 2.45) is 0 Å². The topological polar surface area (TPSA) is 169 Å². The van der Waals surface area contributed by atoms with Crippen LogP contribution in [0.4, 0.5) is 0 Å². The van der Waals surface area contributed by atoms with Gasteiger partial charge in [-0.1, -0.05) is 186 Å². The fourth-order valence-electron chi connectivity index (χ4n) is 7.38. The lowest BCUT2D eigenvalue weighted by Crippen LogP contribution is -2.60. The first-order valence-corrected chi connectivity index (χ1v) is 23.1. The molecule has 0 saturated carbocycles. The Labute approximate surface area is 341 Å². The van der Waals surface area contributed by atoms with Gasteiger partial charge in [0.15, 0.2) is 6.29 Å². The van der Waals surface area contributed by atoms with E-state index in [2.05, 4.69) is 43.5 Å². The molecule has 0 aromatic heterocycles. The molecule has 10 heteroatoms. The molecule has 1 aliphatic rings. The molecule has 1 aliphatic heterocycles. The number of allylic oxidation sites excluding steroid dienone is 4. The van der Waals surface area contributed by atoms with Gasteiger partial charge in [-0.15, -0.1) is 0 Å². The lowest BCUT2D eigenvalue weighted by molar-refractivity contribution is -0.302. The zero-order valence-electron chi connectivity index (χ0n) is 35.8. The lowest BCUT2D eigenvalue weighted by atomic mass is 9.99. The molecule has 0 radical (unpaired) electrons. The predicted molar refractivity (Wildman–Crippen MR) is 227 cm³/mol. The minimum Gasteiger partial charge on any atom is -0.394 e. The molecule has 0 aromatic rings. The van der Waals surface area contributed by atoms with Crippen molar-refractivity contribution in [1.82, 2.24) is 5.32 Å². The van der Waals surface area contributed by atoms with Gasteiger partial charge in [0.05, 0.1) is 25.4 Å². The number of nitrogens with one attached hydrogen (secondary N) is 1. The van der Waals surface area contributed by atoms with Crippen molar-refractivity contribution in [3.63, 3.8) is 0 Å². The second-order valence-electron chi connectivity index (χ2n) is 16.3. The molecule has 10 nitrogen and oxygen atoms in total. The molecule has 1 heterocycles. The van der Waals surface area contributed by atoms with E-state index in [1.165, 1.54) is 109 Å². The van der Waals surface area contributed by atoms with Crippen LogP contribution in [0.15, 0.2) is 24.3 Å². The fourth-order valence-corrected chi connectivity index (χ4v) is 7.38. The number of carbonyl (C=O) groups excluding carboxylic acids is 1. The van der Waals surface area contributed by atoms with E-state index < -0.39 is 61.5 Å². The van der Waals surface area contributed by atoms with Crippen LogP contribution in [0, 0.1) is 0 Å². The Morgan fingerprint density at radius 3 is 1.62 bits per heavy atom. The van der Waals surface area contributed by atoms with Gasteiger partial charge in [0.2, 0.25) is 5.91 Å². The van der Waals surface area contributed by atoms with Crippen LogP contribution < -0.4 is 5.32 Å². The van der Waals surface area contributed by atoms with Crippen molar-refractivity contribution in [1.29, 1.82) is 0 Å². The maximum absolute atomic E-state index is 13.0. The van der Waals surface area contributed by atoms with Gasteiger partial charge < -0.3 is 45.4 Å². The number of rotatable bonds is 38. The van der Waals surface area contributed by atoms with E-state index in [0.29, 0.717) is 12.8 Å². The summed E-state index contributed by atoms with van der Waals surface area (Å²) >= 11 is 0. The van der Waals surface area contributed by atoms with Gasteiger partial charge in [0, 0.05) is 0 Å². The SMILES string of the molecule is CC/C=C\C/C=C\CCCCCCCCCCCCCCCC(O)C(=O)NC(COC1OC(CO)C(O)C(O)C1O)C(O)CCCCCCCCCCCCC. The highest BCUT2D eigenvalue weighted by molar-refractivity contribution is 5.80. The van der Waals surface area contributed by atoms with Gasteiger partial charge in [-0.05, 0) is 38.5 Å². The number of hydrogen-bond acceptors (Lipinski definition) is 9. The molecule has 1 amide bonds. The monoisotopic (exact) mass is 798 g/mol. The molecule has 56 heavy (non-hydrogen) atoms. The second-order valence-corrected chi connectivity index (χ2v) is 16.3. The van der Waals surface area contributed by atoms with Gasteiger partial charge in [-0.2, -0.15) is 0 Å². The van der Waals surface area contributed by atoms with E-state index in [4.69, 9.17) is 9.47 Å². The number of unbranched alkanes of at least 4 members (excludes halogenated alkanes) is 23. The van der Waals surface area contributed by atoms with E-state index in [1.54, 1.807) is 0 Å². The molecule has 8 atom stereocenters. The van der Waals surface area contributed by atoms with Crippen molar-refractivity contribution in [3.8, 4) is 0 Å². The summed E-state index contributed by atoms with van der Waals surface area (Å²) in [7, 11) is 0. The third kappa shape index (κ3) is 26.6. The average molecular weight is 798 g/mol. The smallest absolute Gasteiger partial charge is 0.249 e. The first-order chi connectivity index (χ1) is 27.3. The summed E-state index contributed by atoms with van der Waals surface area (Å²) in [5, 5.41) is 64.7. The van der Waals surface area contributed by atoms with Crippen LogP contribution in [0.25, 0.3) is 0 Å². The lowest BCUT2D eigenvalue weighted by Gasteiger charge is -2.40. The Balaban J connectivity index is 2.33. The minimum absolute atomic E-state index is 0.254. The fraction of sp³-hybridized carbons (Fsp3) is 0.891. The van der Waals surface area contributed by atoms with Crippen molar-refractivity contribution in [2.45, 2.75) is 249 Å². The number of amides is 1. The average Bonchev–Trinajstić information content (AvgIpc) is 3.20. The number of hydrogen-bond donors (Lipinski definition) is 7. The Morgan fingerprint density at radius 2 is 1.11 bits per heavy atom. The number of carbonyl (C=O) groups is 1. The van der Waals surface area contributed by atoms with Gasteiger partial charge in [-0.3, -0.25) is 4.79 Å². The zero-order valence-corrected chi connectivity index (χ0v) is 35.8. The third-order valence-corrected chi connectivity index (χ3v) is 11.2. The minimum atomic E-state index is -1.59. The summed E-state index contributed by atoms with van der Waals surface area (Å²) in [4.78, 5) is 13.0. The van der Waals surface area contributed by atoms with Crippen LogP contribution in [0.3, 0.4) is 0 Å². The normalized spacial score (nSPS) is 21.9. The molecule has 8 unspecified atom stereocenters. The predicted octanol–water partition coefficient (Wildman–Crippen LogP) is 8.47. The summed E-state index contributed by atoms with van der Waals surface area (Å²) in [6, 6.07) is -0.891. The molecule has 7 N–H and O–H groups in total. The van der Waals surface area contributed by atoms with Crippen molar-refractivity contribution in [3.05, 3.63) is 24.3 Å². The van der Waals surface area contributed by atoms with E-state index in [0.717, 1.165) is 64.2 Å².